The Morgan fingerprint density at radius 1 is 1.09 bits per heavy atom. The molecule has 1 aliphatic carbocycles. The van der Waals surface area contributed by atoms with E-state index in [2.05, 4.69) is 34.2 Å². The molecule has 0 unspecified atom stereocenters. The molecule has 2 rings (SSSR count). The van der Waals surface area contributed by atoms with Gasteiger partial charge in [-0.05, 0) is 58.2 Å². The molecule has 1 N–H and O–H groups in total. The van der Waals surface area contributed by atoms with E-state index >= 15 is 0 Å². The topological polar surface area (TPSA) is 30.9 Å². The number of hydrogen-bond donors (Lipinski definition) is 1. The summed E-state index contributed by atoms with van der Waals surface area (Å²) >= 11 is 0. The standard InChI is InChI=1S/C18H36N4/c1-19-17(22-15-12-18(16-22)10-9-11-18)20-13-7-5-4-6-8-14-21(2)3/h4-16H2,1-3H3,(H,19,20). The molecule has 0 atom stereocenters. The summed E-state index contributed by atoms with van der Waals surface area (Å²) in [7, 11) is 6.23. The highest BCUT2D eigenvalue weighted by molar-refractivity contribution is 5.80. The van der Waals surface area contributed by atoms with Crippen LogP contribution in [0.15, 0.2) is 4.99 Å². The maximum absolute atomic E-state index is 4.49. The number of aliphatic imine (C=N–C) groups is 1. The van der Waals surface area contributed by atoms with Gasteiger partial charge in [0.05, 0.1) is 0 Å². The van der Waals surface area contributed by atoms with E-state index < -0.39 is 0 Å². The Morgan fingerprint density at radius 3 is 2.41 bits per heavy atom. The largest absolute Gasteiger partial charge is 0.356 e. The summed E-state index contributed by atoms with van der Waals surface area (Å²) in [5.74, 6) is 1.14. The molecule has 0 bridgehead atoms. The molecule has 2 fully saturated rings. The predicted octanol–water partition coefficient (Wildman–Crippen LogP) is 2.95. The minimum Gasteiger partial charge on any atom is -0.356 e. The first kappa shape index (κ1) is 17.6. The van der Waals surface area contributed by atoms with Gasteiger partial charge in [0.1, 0.15) is 0 Å². The minimum atomic E-state index is 0.657. The summed E-state index contributed by atoms with van der Waals surface area (Å²) in [6.07, 6.45) is 12.3. The predicted molar refractivity (Wildman–Crippen MR) is 95.5 cm³/mol. The second-order valence-electron chi connectivity index (χ2n) is 7.57. The highest BCUT2D eigenvalue weighted by Crippen LogP contribution is 2.47. The zero-order valence-electron chi connectivity index (χ0n) is 15.0. The van der Waals surface area contributed by atoms with Gasteiger partial charge in [0.15, 0.2) is 5.96 Å². The fraction of sp³-hybridized carbons (Fsp3) is 0.944. The first-order valence-corrected chi connectivity index (χ1v) is 9.26. The number of unbranched alkanes of at least 4 members (excludes halogenated alkanes) is 4. The van der Waals surface area contributed by atoms with E-state index in [0.29, 0.717) is 5.41 Å². The fourth-order valence-electron chi connectivity index (χ4n) is 3.82. The van der Waals surface area contributed by atoms with Gasteiger partial charge in [-0.25, -0.2) is 0 Å². The van der Waals surface area contributed by atoms with Crippen molar-refractivity contribution in [2.45, 2.75) is 57.8 Å². The Bertz CT molecular complexity index is 347. The number of nitrogens with zero attached hydrogens (tertiary/aromatic N) is 3. The molecular weight excluding hydrogens is 272 g/mol. The fourth-order valence-corrected chi connectivity index (χ4v) is 3.82. The third-order valence-electron chi connectivity index (χ3n) is 5.43. The van der Waals surface area contributed by atoms with Crippen LogP contribution in [0, 0.1) is 5.41 Å². The lowest BCUT2D eigenvalue weighted by molar-refractivity contribution is 0.151. The van der Waals surface area contributed by atoms with Crippen LogP contribution in [0.5, 0.6) is 0 Å². The average Bonchev–Trinajstić information content (AvgIpc) is 2.91. The number of nitrogens with one attached hydrogen (secondary N) is 1. The molecule has 1 spiro atoms. The lowest BCUT2D eigenvalue weighted by atomic mass is 9.68. The first-order chi connectivity index (χ1) is 10.7. The van der Waals surface area contributed by atoms with Crippen LogP contribution in [0.1, 0.15) is 57.8 Å². The summed E-state index contributed by atoms with van der Waals surface area (Å²) in [6, 6.07) is 0. The normalized spacial score (nSPS) is 20.7. The van der Waals surface area contributed by atoms with Crippen molar-refractivity contribution in [2.75, 3.05) is 47.3 Å². The van der Waals surface area contributed by atoms with Crippen LogP contribution in [0.25, 0.3) is 0 Å². The Hall–Kier alpha value is -0.770. The highest BCUT2D eigenvalue weighted by atomic mass is 15.3. The monoisotopic (exact) mass is 308 g/mol. The van der Waals surface area contributed by atoms with Crippen molar-refractivity contribution >= 4 is 5.96 Å². The molecular formula is C18H36N4. The van der Waals surface area contributed by atoms with Gasteiger partial charge in [0, 0.05) is 26.7 Å². The first-order valence-electron chi connectivity index (χ1n) is 9.26. The van der Waals surface area contributed by atoms with Crippen molar-refractivity contribution in [3.05, 3.63) is 0 Å². The van der Waals surface area contributed by atoms with Crippen molar-refractivity contribution in [3.8, 4) is 0 Å². The SMILES string of the molecule is CN=C(NCCCCCCCN(C)C)N1CCC2(CCC2)C1. The van der Waals surface area contributed by atoms with E-state index in [9.17, 15) is 0 Å². The van der Waals surface area contributed by atoms with Gasteiger partial charge < -0.3 is 15.1 Å². The van der Waals surface area contributed by atoms with E-state index in [1.54, 1.807) is 0 Å². The van der Waals surface area contributed by atoms with Crippen molar-refractivity contribution in [1.82, 2.24) is 15.1 Å². The van der Waals surface area contributed by atoms with Crippen molar-refractivity contribution in [3.63, 3.8) is 0 Å². The summed E-state index contributed by atoms with van der Waals surface area (Å²) in [4.78, 5) is 9.24. The molecule has 1 saturated carbocycles. The molecule has 0 aromatic rings. The van der Waals surface area contributed by atoms with E-state index in [-0.39, 0.29) is 0 Å². The molecule has 4 heteroatoms. The summed E-state index contributed by atoms with van der Waals surface area (Å²) < 4.78 is 0. The molecule has 0 aromatic carbocycles. The number of guanidine groups is 1. The molecule has 4 nitrogen and oxygen atoms in total. The lowest BCUT2D eigenvalue weighted by Crippen LogP contribution is -2.42. The third-order valence-corrected chi connectivity index (χ3v) is 5.43. The zero-order chi connectivity index (χ0) is 15.8. The third kappa shape index (κ3) is 5.15. The summed E-state index contributed by atoms with van der Waals surface area (Å²) in [6.45, 7) is 4.73. The van der Waals surface area contributed by atoms with Crippen LogP contribution in [0.2, 0.25) is 0 Å². The molecule has 0 aromatic heterocycles. The Balaban J connectivity index is 1.52. The summed E-state index contributed by atoms with van der Waals surface area (Å²) in [5, 5.41) is 3.57. The van der Waals surface area contributed by atoms with Gasteiger partial charge in [0.25, 0.3) is 0 Å². The maximum atomic E-state index is 4.49. The number of likely N-dealkylation sites (tertiary alicyclic amines) is 1. The van der Waals surface area contributed by atoms with Crippen LogP contribution in [-0.4, -0.2) is 63.1 Å². The van der Waals surface area contributed by atoms with Crippen molar-refractivity contribution < 1.29 is 0 Å². The second-order valence-corrected chi connectivity index (χ2v) is 7.57. The molecule has 1 aliphatic heterocycles. The van der Waals surface area contributed by atoms with Crippen LogP contribution in [0.3, 0.4) is 0 Å². The summed E-state index contributed by atoms with van der Waals surface area (Å²) in [5.41, 5.74) is 0.657. The van der Waals surface area contributed by atoms with Crippen LogP contribution >= 0.6 is 0 Å². The van der Waals surface area contributed by atoms with E-state index in [0.717, 1.165) is 12.5 Å². The van der Waals surface area contributed by atoms with E-state index in [1.807, 2.05) is 7.05 Å². The van der Waals surface area contributed by atoms with Crippen molar-refractivity contribution in [2.24, 2.45) is 10.4 Å². The van der Waals surface area contributed by atoms with Gasteiger partial charge >= 0.3 is 0 Å². The molecule has 1 saturated heterocycles. The maximum Gasteiger partial charge on any atom is 0.193 e. The Morgan fingerprint density at radius 2 is 1.82 bits per heavy atom. The van der Waals surface area contributed by atoms with Crippen LogP contribution in [0.4, 0.5) is 0 Å². The van der Waals surface area contributed by atoms with Gasteiger partial charge in [0.2, 0.25) is 0 Å². The quantitative estimate of drug-likeness (QED) is 0.425. The van der Waals surface area contributed by atoms with E-state index in [1.165, 1.54) is 77.4 Å². The Kier molecular flexibility index (Phi) is 7.00. The second kappa shape index (κ2) is 8.76. The number of rotatable bonds is 8. The number of hydrogen-bond acceptors (Lipinski definition) is 2. The lowest BCUT2D eigenvalue weighted by Gasteiger charge is -2.38. The Labute approximate surface area is 137 Å². The van der Waals surface area contributed by atoms with Crippen molar-refractivity contribution in [1.29, 1.82) is 0 Å². The molecule has 1 heterocycles. The molecule has 128 valence electrons. The smallest absolute Gasteiger partial charge is 0.193 e. The average molecular weight is 309 g/mol. The van der Waals surface area contributed by atoms with E-state index in [4.69, 9.17) is 0 Å². The molecule has 22 heavy (non-hydrogen) atoms. The van der Waals surface area contributed by atoms with Gasteiger partial charge in [-0.1, -0.05) is 25.7 Å². The van der Waals surface area contributed by atoms with Crippen LogP contribution < -0.4 is 5.32 Å². The highest BCUT2D eigenvalue weighted by Gasteiger charge is 2.43. The molecule has 0 amide bonds. The molecule has 0 radical (unpaired) electrons. The van der Waals surface area contributed by atoms with Gasteiger partial charge in [-0.3, -0.25) is 4.99 Å². The zero-order valence-corrected chi connectivity index (χ0v) is 15.0. The minimum absolute atomic E-state index is 0.657. The molecule has 2 aliphatic rings. The van der Waals surface area contributed by atoms with Crippen LogP contribution in [-0.2, 0) is 0 Å². The van der Waals surface area contributed by atoms with Gasteiger partial charge in [-0.2, -0.15) is 0 Å². The van der Waals surface area contributed by atoms with Gasteiger partial charge in [-0.15, -0.1) is 0 Å².